The number of hydrogen-bond acceptors (Lipinski definition) is 6. The number of benzene rings is 2. The number of hydrogen-bond donors (Lipinski definition) is 5. The van der Waals surface area contributed by atoms with E-state index in [4.69, 9.17) is 4.74 Å². The molecule has 0 saturated heterocycles. The second-order valence-electron chi connectivity index (χ2n) is 9.79. The number of carbonyl (C=O) groups is 3. The number of carboxylic acid groups (broad SMARTS) is 1. The highest BCUT2D eigenvalue weighted by molar-refractivity contribution is 5.90. The summed E-state index contributed by atoms with van der Waals surface area (Å²) in [5.74, 6) is -0.837. The van der Waals surface area contributed by atoms with Crippen molar-refractivity contribution in [3.8, 4) is 0 Å². The zero-order valence-electron chi connectivity index (χ0n) is 22.2. The first-order chi connectivity index (χ1) is 17.6. The van der Waals surface area contributed by atoms with Crippen molar-refractivity contribution in [2.75, 3.05) is 31.3 Å². The molecule has 5 N–H and O–H groups in total. The van der Waals surface area contributed by atoms with Crippen LogP contribution in [0, 0.1) is 5.41 Å². The SMILES string of the molecule is CNCCCCC(=O)Nc1ccc(COC(=O)Nc2ccc(CC(CC(C)(C)C(=O)O)NC)cc2)cc1. The Morgan fingerprint density at radius 2 is 1.49 bits per heavy atom. The van der Waals surface area contributed by atoms with Crippen LogP contribution in [0.4, 0.5) is 16.2 Å². The van der Waals surface area contributed by atoms with E-state index < -0.39 is 17.5 Å². The van der Waals surface area contributed by atoms with Crippen LogP contribution >= 0.6 is 0 Å². The average molecular weight is 513 g/mol. The molecule has 0 bridgehead atoms. The number of unbranched alkanes of at least 4 members (excludes halogenated alkanes) is 1. The first-order valence-electron chi connectivity index (χ1n) is 12.6. The summed E-state index contributed by atoms with van der Waals surface area (Å²) in [7, 11) is 3.72. The molecule has 37 heavy (non-hydrogen) atoms. The van der Waals surface area contributed by atoms with Gasteiger partial charge in [0, 0.05) is 23.8 Å². The predicted molar refractivity (Wildman–Crippen MR) is 146 cm³/mol. The second-order valence-corrected chi connectivity index (χ2v) is 9.79. The van der Waals surface area contributed by atoms with E-state index in [1.54, 1.807) is 38.1 Å². The molecule has 2 aromatic carbocycles. The van der Waals surface area contributed by atoms with Crippen LogP contribution in [0.3, 0.4) is 0 Å². The van der Waals surface area contributed by atoms with Gasteiger partial charge in [0.2, 0.25) is 5.91 Å². The first kappa shape index (κ1) is 29.8. The average Bonchev–Trinajstić information content (AvgIpc) is 2.86. The van der Waals surface area contributed by atoms with E-state index in [-0.39, 0.29) is 18.6 Å². The van der Waals surface area contributed by atoms with Crippen molar-refractivity contribution in [3.05, 3.63) is 59.7 Å². The van der Waals surface area contributed by atoms with Gasteiger partial charge in [0.05, 0.1) is 5.41 Å². The molecule has 9 heteroatoms. The van der Waals surface area contributed by atoms with E-state index in [1.807, 2.05) is 38.4 Å². The zero-order valence-corrected chi connectivity index (χ0v) is 22.2. The minimum Gasteiger partial charge on any atom is -0.481 e. The lowest BCUT2D eigenvalue weighted by Gasteiger charge is -2.26. The summed E-state index contributed by atoms with van der Waals surface area (Å²) < 4.78 is 5.31. The molecule has 2 rings (SSSR count). The van der Waals surface area contributed by atoms with Crippen LogP contribution in [0.1, 0.15) is 50.7 Å². The lowest BCUT2D eigenvalue weighted by atomic mass is 9.84. The summed E-state index contributed by atoms with van der Waals surface area (Å²) in [6.07, 6.45) is 2.87. The molecule has 9 nitrogen and oxygen atoms in total. The fourth-order valence-electron chi connectivity index (χ4n) is 3.79. The van der Waals surface area contributed by atoms with Gasteiger partial charge < -0.3 is 25.8 Å². The summed E-state index contributed by atoms with van der Waals surface area (Å²) in [5.41, 5.74) is 2.33. The molecule has 202 valence electrons. The molecule has 0 aromatic heterocycles. The van der Waals surface area contributed by atoms with E-state index in [0.29, 0.717) is 30.6 Å². The van der Waals surface area contributed by atoms with Gasteiger partial charge in [-0.05, 0) is 95.6 Å². The van der Waals surface area contributed by atoms with Crippen molar-refractivity contribution in [2.24, 2.45) is 5.41 Å². The molecule has 2 amide bonds. The Bertz CT molecular complexity index is 1010. The van der Waals surface area contributed by atoms with Gasteiger partial charge in [-0.25, -0.2) is 4.79 Å². The third kappa shape index (κ3) is 11.0. The first-order valence-corrected chi connectivity index (χ1v) is 12.6. The number of ether oxygens (including phenoxy) is 1. The van der Waals surface area contributed by atoms with E-state index in [0.717, 1.165) is 30.5 Å². The van der Waals surface area contributed by atoms with Gasteiger partial charge in [0.1, 0.15) is 6.61 Å². The maximum Gasteiger partial charge on any atom is 0.411 e. The maximum absolute atomic E-state index is 12.2. The topological polar surface area (TPSA) is 129 Å². The number of anilines is 2. The smallest absolute Gasteiger partial charge is 0.411 e. The molecular formula is C28H40N4O5. The van der Waals surface area contributed by atoms with Gasteiger partial charge in [0.15, 0.2) is 0 Å². The summed E-state index contributed by atoms with van der Waals surface area (Å²) in [4.78, 5) is 35.6. The quantitative estimate of drug-likeness (QED) is 0.224. The normalized spacial score (nSPS) is 12.0. The molecule has 0 fully saturated rings. The Labute approximate surface area is 219 Å². The summed E-state index contributed by atoms with van der Waals surface area (Å²) in [6.45, 7) is 4.44. The summed E-state index contributed by atoms with van der Waals surface area (Å²) in [6, 6.07) is 14.6. The van der Waals surface area contributed by atoms with E-state index >= 15 is 0 Å². The van der Waals surface area contributed by atoms with Crippen LogP contribution in [0.25, 0.3) is 0 Å². The molecule has 0 heterocycles. The van der Waals surface area contributed by atoms with Gasteiger partial charge in [-0.3, -0.25) is 14.9 Å². The molecule has 0 aliphatic carbocycles. The number of carboxylic acids is 1. The third-order valence-electron chi connectivity index (χ3n) is 6.11. The zero-order chi connectivity index (χ0) is 27.3. The second kappa shape index (κ2) is 15.0. The standard InChI is InChI=1S/C28H40N4O5/c1-28(2,26(34)35)18-24(30-4)17-20-8-12-23(13-9-20)32-27(36)37-19-21-10-14-22(15-11-21)31-25(33)7-5-6-16-29-3/h8-15,24,29-30H,5-7,16-19H2,1-4H3,(H,31,33)(H,32,36)(H,34,35). The number of aliphatic carboxylic acids is 1. The number of rotatable bonds is 15. The van der Waals surface area contributed by atoms with Crippen molar-refractivity contribution in [1.82, 2.24) is 10.6 Å². The molecule has 2 aromatic rings. The van der Waals surface area contributed by atoms with Crippen LogP contribution < -0.4 is 21.3 Å². The van der Waals surface area contributed by atoms with Gasteiger partial charge in [-0.15, -0.1) is 0 Å². The van der Waals surface area contributed by atoms with E-state index in [9.17, 15) is 19.5 Å². The van der Waals surface area contributed by atoms with Gasteiger partial charge in [-0.1, -0.05) is 24.3 Å². The minimum atomic E-state index is -0.820. The lowest BCUT2D eigenvalue weighted by Crippen LogP contribution is -2.36. The van der Waals surface area contributed by atoms with Crippen molar-refractivity contribution >= 4 is 29.3 Å². The van der Waals surface area contributed by atoms with E-state index in [1.165, 1.54) is 0 Å². The molecule has 0 spiro atoms. The molecule has 0 aliphatic rings. The number of carbonyl (C=O) groups excluding carboxylic acids is 2. The molecule has 1 atom stereocenters. The maximum atomic E-state index is 12.2. The Hall–Kier alpha value is -3.43. The minimum absolute atomic E-state index is 0.0120. The number of amides is 2. The monoisotopic (exact) mass is 512 g/mol. The van der Waals surface area contributed by atoms with Crippen LogP contribution in [0.5, 0.6) is 0 Å². The van der Waals surface area contributed by atoms with Crippen molar-refractivity contribution in [1.29, 1.82) is 0 Å². The van der Waals surface area contributed by atoms with Crippen molar-refractivity contribution < 1.29 is 24.2 Å². The Morgan fingerprint density at radius 1 is 0.892 bits per heavy atom. The molecule has 0 radical (unpaired) electrons. The molecule has 1 unspecified atom stereocenters. The number of likely N-dealkylation sites (N-methyl/N-ethyl adjacent to an activating group) is 1. The van der Waals surface area contributed by atoms with Gasteiger partial charge >= 0.3 is 12.1 Å². The highest BCUT2D eigenvalue weighted by Crippen LogP contribution is 2.24. The van der Waals surface area contributed by atoms with Gasteiger partial charge in [0.25, 0.3) is 0 Å². The third-order valence-corrected chi connectivity index (χ3v) is 6.11. The molecule has 0 aliphatic heterocycles. The summed E-state index contributed by atoms with van der Waals surface area (Å²) in [5, 5.41) is 21.2. The van der Waals surface area contributed by atoms with E-state index in [2.05, 4.69) is 21.3 Å². The highest BCUT2D eigenvalue weighted by Gasteiger charge is 2.30. The van der Waals surface area contributed by atoms with Gasteiger partial charge in [-0.2, -0.15) is 0 Å². The fraction of sp³-hybridized carbons (Fsp3) is 0.464. The molecule has 0 saturated carbocycles. The Kier molecular flexibility index (Phi) is 12.1. The van der Waals surface area contributed by atoms with Crippen LogP contribution in [0.2, 0.25) is 0 Å². The number of nitrogens with one attached hydrogen (secondary N) is 4. The lowest BCUT2D eigenvalue weighted by molar-refractivity contribution is -0.147. The highest BCUT2D eigenvalue weighted by atomic mass is 16.5. The van der Waals surface area contributed by atoms with Crippen molar-refractivity contribution in [2.45, 2.75) is 58.6 Å². The van der Waals surface area contributed by atoms with Crippen LogP contribution in [-0.4, -0.2) is 49.8 Å². The predicted octanol–water partition coefficient (Wildman–Crippen LogP) is 4.39. The Balaban J connectivity index is 1.77. The fourth-order valence-corrected chi connectivity index (χ4v) is 3.79. The van der Waals surface area contributed by atoms with Crippen molar-refractivity contribution in [3.63, 3.8) is 0 Å². The molecular weight excluding hydrogens is 472 g/mol. The Morgan fingerprint density at radius 3 is 2.05 bits per heavy atom. The largest absolute Gasteiger partial charge is 0.481 e. The van der Waals surface area contributed by atoms with Crippen LogP contribution in [-0.2, 0) is 27.4 Å². The summed E-state index contributed by atoms with van der Waals surface area (Å²) >= 11 is 0. The van der Waals surface area contributed by atoms with Crippen LogP contribution in [0.15, 0.2) is 48.5 Å².